The SMILES string of the molecule is [CH2]C(=O)CC(F)(F)F. The van der Waals surface area contributed by atoms with E-state index in [-0.39, 0.29) is 0 Å². The van der Waals surface area contributed by atoms with Crippen LogP contribution in [0.4, 0.5) is 13.2 Å². The number of halogens is 3. The standard InChI is InChI=1S/C4H4F3O/c1-3(8)2-4(5,6)7/h1-2H2. The molecule has 0 aromatic rings. The van der Waals surface area contributed by atoms with Crippen molar-refractivity contribution in [1.82, 2.24) is 0 Å². The van der Waals surface area contributed by atoms with E-state index < -0.39 is 18.4 Å². The lowest BCUT2D eigenvalue weighted by atomic mass is 10.3. The van der Waals surface area contributed by atoms with Gasteiger partial charge in [-0.15, -0.1) is 0 Å². The number of carbonyl (C=O) groups is 1. The van der Waals surface area contributed by atoms with Crippen LogP contribution in [0.5, 0.6) is 0 Å². The third-order valence-corrected chi connectivity index (χ3v) is 0.398. The number of ketones is 1. The molecule has 8 heavy (non-hydrogen) atoms. The van der Waals surface area contributed by atoms with Gasteiger partial charge in [-0.3, -0.25) is 4.79 Å². The first-order chi connectivity index (χ1) is 3.42. The van der Waals surface area contributed by atoms with Crippen molar-refractivity contribution in [2.75, 3.05) is 0 Å². The molecule has 0 N–H and O–H groups in total. The summed E-state index contributed by atoms with van der Waals surface area (Å²) < 4.78 is 33.1. The molecule has 0 aromatic carbocycles. The van der Waals surface area contributed by atoms with Gasteiger partial charge in [0.05, 0.1) is 0 Å². The summed E-state index contributed by atoms with van der Waals surface area (Å²) in [7, 11) is 0. The summed E-state index contributed by atoms with van der Waals surface area (Å²) >= 11 is 0. The first-order valence-corrected chi connectivity index (χ1v) is 1.83. The Morgan fingerprint density at radius 2 is 1.88 bits per heavy atom. The highest BCUT2D eigenvalue weighted by Crippen LogP contribution is 2.18. The Hall–Kier alpha value is -0.540. The number of Topliss-reactive ketones (excluding diaryl/α,β-unsaturated/α-hetero) is 1. The Kier molecular flexibility index (Phi) is 2.01. The van der Waals surface area contributed by atoms with Gasteiger partial charge in [-0.25, -0.2) is 0 Å². The average molecular weight is 125 g/mol. The molecule has 0 unspecified atom stereocenters. The van der Waals surface area contributed by atoms with Crippen LogP contribution in [0.15, 0.2) is 0 Å². The first-order valence-electron chi connectivity index (χ1n) is 1.83. The Balaban J connectivity index is 3.55. The molecule has 1 radical (unpaired) electrons. The Morgan fingerprint density at radius 3 is 1.88 bits per heavy atom. The van der Waals surface area contributed by atoms with Crippen molar-refractivity contribution in [3.8, 4) is 0 Å². The van der Waals surface area contributed by atoms with Gasteiger partial charge in [-0.2, -0.15) is 13.2 Å². The fraction of sp³-hybridized carbons (Fsp3) is 0.500. The molecule has 0 fully saturated rings. The molecule has 0 aliphatic carbocycles. The van der Waals surface area contributed by atoms with Gasteiger partial charge >= 0.3 is 6.18 Å². The second kappa shape index (κ2) is 2.15. The summed E-state index contributed by atoms with van der Waals surface area (Å²) in [6.45, 7) is 2.56. The number of carbonyl (C=O) groups excluding carboxylic acids is 1. The van der Waals surface area contributed by atoms with Gasteiger partial charge in [-0.05, 0) is 0 Å². The average Bonchev–Trinajstić information content (AvgIpc) is 1.21. The molecule has 0 aliphatic rings. The predicted molar refractivity (Wildman–Crippen MR) is 21.0 cm³/mol. The number of rotatable bonds is 1. The van der Waals surface area contributed by atoms with Gasteiger partial charge in [0.25, 0.3) is 0 Å². The maximum absolute atomic E-state index is 11.0. The molecule has 0 aromatic heterocycles. The third-order valence-electron chi connectivity index (χ3n) is 0.398. The summed E-state index contributed by atoms with van der Waals surface area (Å²) in [4.78, 5) is 9.63. The molecule has 0 atom stereocenters. The highest BCUT2D eigenvalue weighted by molar-refractivity contribution is 5.82. The Labute approximate surface area is 44.5 Å². The number of alkyl halides is 3. The molecule has 1 nitrogen and oxygen atoms in total. The van der Waals surface area contributed by atoms with E-state index in [1.807, 2.05) is 0 Å². The smallest absolute Gasteiger partial charge is 0.299 e. The zero-order valence-corrected chi connectivity index (χ0v) is 3.96. The lowest BCUT2D eigenvalue weighted by Crippen LogP contribution is -2.11. The summed E-state index contributed by atoms with van der Waals surface area (Å²) in [6.07, 6.45) is -5.81. The molecule has 0 aliphatic heterocycles. The van der Waals surface area contributed by atoms with Crippen LogP contribution >= 0.6 is 0 Å². The lowest BCUT2D eigenvalue weighted by molar-refractivity contribution is -0.149. The molecule has 0 saturated carbocycles. The minimum atomic E-state index is -4.39. The van der Waals surface area contributed by atoms with Crippen molar-refractivity contribution in [2.45, 2.75) is 12.6 Å². The Morgan fingerprint density at radius 1 is 1.50 bits per heavy atom. The van der Waals surface area contributed by atoms with Crippen molar-refractivity contribution < 1.29 is 18.0 Å². The van der Waals surface area contributed by atoms with Gasteiger partial charge < -0.3 is 0 Å². The van der Waals surface area contributed by atoms with Gasteiger partial charge in [0.15, 0.2) is 0 Å². The second-order valence-electron chi connectivity index (χ2n) is 1.33. The minimum absolute atomic E-state index is 1.10. The maximum Gasteiger partial charge on any atom is 0.395 e. The lowest BCUT2D eigenvalue weighted by Gasteiger charge is -1.99. The number of hydrogen-bond acceptors (Lipinski definition) is 1. The van der Waals surface area contributed by atoms with Crippen LogP contribution in [0.2, 0.25) is 0 Å². The zero-order chi connectivity index (χ0) is 6.78. The molecular formula is C4H4F3O. The van der Waals surface area contributed by atoms with Crippen LogP contribution in [-0.2, 0) is 4.79 Å². The molecule has 0 amide bonds. The van der Waals surface area contributed by atoms with Crippen molar-refractivity contribution in [3.05, 3.63) is 6.92 Å². The van der Waals surface area contributed by atoms with E-state index in [0.717, 1.165) is 0 Å². The normalized spacial score (nSPS) is 11.5. The molecule has 47 valence electrons. The molecule has 0 saturated heterocycles. The fourth-order valence-electron chi connectivity index (χ4n) is 0.224. The third kappa shape index (κ3) is 5.46. The summed E-state index contributed by atoms with van der Waals surface area (Å²) in [6, 6.07) is 0. The van der Waals surface area contributed by atoms with E-state index in [1.165, 1.54) is 0 Å². The summed E-state index contributed by atoms with van der Waals surface area (Å²) in [5, 5.41) is 0. The van der Waals surface area contributed by atoms with Crippen molar-refractivity contribution in [3.63, 3.8) is 0 Å². The van der Waals surface area contributed by atoms with E-state index in [0.29, 0.717) is 0 Å². The molecule has 4 heteroatoms. The van der Waals surface area contributed by atoms with Crippen LogP contribution in [0.1, 0.15) is 6.42 Å². The predicted octanol–water partition coefficient (Wildman–Crippen LogP) is 1.34. The maximum atomic E-state index is 11.0. The van der Waals surface area contributed by atoms with Gasteiger partial charge in [0.2, 0.25) is 0 Å². The largest absolute Gasteiger partial charge is 0.395 e. The van der Waals surface area contributed by atoms with Crippen molar-refractivity contribution >= 4 is 5.78 Å². The molecule has 0 rings (SSSR count). The van der Waals surface area contributed by atoms with Gasteiger partial charge in [0, 0.05) is 6.92 Å². The van der Waals surface area contributed by atoms with Crippen molar-refractivity contribution in [2.24, 2.45) is 0 Å². The van der Waals surface area contributed by atoms with E-state index in [4.69, 9.17) is 0 Å². The molecule has 0 heterocycles. The van der Waals surface area contributed by atoms with E-state index in [1.54, 1.807) is 0 Å². The van der Waals surface area contributed by atoms with E-state index in [9.17, 15) is 18.0 Å². The highest BCUT2D eigenvalue weighted by Gasteiger charge is 2.28. The number of hydrogen-bond donors (Lipinski definition) is 0. The second-order valence-corrected chi connectivity index (χ2v) is 1.33. The topological polar surface area (TPSA) is 17.1 Å². The molecular weight excluding hydrogens is 121 g/mol. The fourth-order valence-corrected chi connectivity index (χ4v) is 0.224. The summed E-state index contributed by atoms with van der Waals surface area (Å²) in [5.41, 5.74) is 0. The monoisotopic (exact) mass is 125 g/mol. The van der Waals surface area contributed by atoms with Crippen LogP contribution in [0, 0.1) is 6.92 Å². The molecule has 0 spiro atoms. The van der Waals surface area contributed by atoms with E-state index >= 15 is 0 Å². The van der Waals surface area contributed by atoms with Crippen molar-refractivity contribution in [1.29, 1.82) is 0 Å². The van der Waals surface area contributed by atoms with E-state index in [2.05, 4.69) is 6.92 Å². The van der Waals surface area contributed by atoms with Crippen LogP contribution in [0.3, 0.4) is 0 Å². The quantitative estimate of drug-likeness (QED) is 0.516. The van der Waals surface area contributed by atoms with Crippen LogP contribution < -0.4 is 0 Å². The minimum Gasteiger partial charge on any atom is -0.299 e. The highest BCUT2D eigenvalue weighted by atomic mass is 19.4. The molecule has 0 bridgehead atoms. The zero-order valence-electron chi connectivity index (χ0n) is 3.96. The Bertz CT molecular complexity index is 93.9. The van der Waals surface area contributed by atoms with Crippen LogP contribution in [-0.4, -0.2) is 12.0 Å². The van der Waals surface area contributed by atoms with Gasteiger partial charge in [0.1, 0.15) is 12.2 Å². The van der Waals surface area contributed by atoms with Crippen LogP contribution in [0.25, 0.3) is 0 Å². The summed E-state index contributed by atoms with van der Waals surface area (Å²) in [5.74, 6) is -1.10. The first kappa shape index (κ1) is 7.46. The van der Waals surface area contributed by atoms with Gasteiger partial charge in [-0.1, -0.05) is 0 Å².